The molecule has 1 aromatic carbocycles. The summed E-state index contributed by atoms with van der Waals surface area (Å²) in [6, 6.07) is 4.46. The number of allylic oxidation sites excluding steroid dienone is 1. The van der Waals surface area contributed by atoms with E-state index in [1.54, 1.807) is 0 Å². The minimum absolute atomic E-state index is 0.0994. The molecule has 22 heavy (non-hydrogen) atoms. The number of halogens is 3. The first-order chi connectivity index (χ1) is 10.2. The number of carboxylic acid groups (broad SMARTS) is 1. The van der Waals surface area contributed by atoms with Crippen molar-refractivity contribution in [3.05, 3.63) is 53.4 Å². The molecule has 4 N–H and O–H groups in total. The molecule has 0 bridgehead atoms. The fraction of sp³-hybridized carbons (Fsp3) is 0.143. The number of benzene rings is 1. The van der Waals surface area contributed by atoms with Crippen LogP contribution in [0.15, 0.2) is 52.8 Å². The number of nitrogens with one attached hydrogen (secondary N) is 1. The average Bonchev–Trinajstić information content (AvgIpc) is 2.43. The fourth-order valence-electron chi connectivity index (χ4n) is 1.57. The van der Waals surface area contributed by atoms with Crippen LogP contribution in [-0.4, -0.2) is 17.4 Å². The number of nitrogens with zero attached hydrogens (tertiary/aromatic N) is 1. The molecule has 118 valence electrons. The van der Waals surface area contributed by atoms with E-state index in [9.17, 15) is 18.0 Å². The molecule has 0 aliphatic carbocycles. The van der Waals surface area contributed by atoms with Crippen molar-refractivity contribution >= 4 is 18.0 Å². The molecule has 5 nitrogen and oxygen atoms in total. The number of nitrogens with two attached hydrogens (primary N) is 1. The molecule has 0 saturated carbocycles. The van der Waals surface area contributed by atoms with Gasteiger partial charge in [-0.15, -0.1) is 0 Å². The van der Waals surface area contributed by atoms with Crippen molar-refractivity contribution in [1.82, 2.24) is 0 Å². The number of rotatable bonds is 5. The van der Waals surface area contributed by atoms with Crippen LogP contribution in [0.3, 0.4) is 0 Å². The fourth-order valence-corrected chi connectivity index (χ4v) is 1.57. The van der Waals surface area contributed by atoms with Crippen LogP contribution in [0.1, 0.15) is 12.5 Å². The molecule has 1 aromatic rings. The first-order valence-corrected chi connectivity index (χ1v) is 5.98. The zero-order chi connectivity index (χ0) is 16.9. The van der Waals surface area contributed by atoms with Gasteiger partial charge in [0, 0.05) is 17.0 Å². The third-order valence-corrected chi connectivity index (χ3v) is 2.70. The average molecular weight is 313 g/mol. The molecule has 0 aliphatic heterocycles. The summed E-state index contributed by atoms with van der Waals surface area (Å²) in [5.41, 5.74) is 4.25. The van der Waals surface area contributed by atoms with E-state index in [4.69, 9.17) is 10.8 Å². The van der Waals surface area contributed by atoms with Gasteiger partial charge in [-0.3, -0.25) is 0 Å². The van der Waals surface area contributed by atoms with Gasteiger partial charge < -0.3 is 16.2 Å². The molecule has 0 atom stereocenters. The van der Waals surface area contributed by atoms with Crippen molar-refractivity contribution in [3.8, 4) is 0 Å². The Morgan fingerprint density at radius 3 is 2.59 bits per heavy atom. The van der Waals surface area contributed by atoms with Crippen LogP contribution < -0.4 is 11.1 Å². The van der Waals surface area contributed by atoms with Crippen molar-refractivity contribution in [2.45, 2.75) is 13.1 Å². The van der Waals surface area contributed by atoms with Gasteiger partial charge in [0.15, 0.2) is 5.70 Å². The minimum atomic E-state index is -4.47. The summed E-state index contributed by atoms with van der Waals surface area (Å²) in [5.74, 6) is -1.33. The van der Waals surface area contributed by atoms with Gasteiger partial charge in [-0.2, -0.15) is 13.2 Å². The van der Waals surface area contributed by atoms with Crippen molar-refractivity contribution in [1.29, 1.82) is 0 Å². The van der Waals surface area contributed by atoms with Crippen LogP contribution in [-0.2, 0) is 11.0 Å². The number of carboxylic acids is 1. The van der Waals surface area contributed by atoms with Crippen LogP contribution in [0.2, 0.25) is 0 Å². The Hall–Kier alpha value is -2.77. The molecule has 0 saturated heterocycles. The zero-order valence-corrected chi connectivity index (χ0v) is 11.6. The highest BCUT2D eigenvalue weighted by molar-refractivity contribution is 5.89. The number of alkyl halides is 3. The maximum Gasteiger partial charge on any atom is 0.416 e. The van der Waals surface area contributed by atoms with Crippen molar-refractivity contribution in [2.75, 3.05) is 5.32 Å². The second kappa shape index (κ2) is 6.79. The van der Waals surface area contributed by atoms with Crippen LogP contribution in [0, 0.1) is 0 Å². The van der Waals surface area contributed by atoms with Crippen molar-refractivity contribution in [2.24, 2.45) is 10.7 Å². The summed E-state index contributed by atoms with van der Waals surface area (Å²) in [5, 5.41) is 11.6. The van der Waals surface area contributed by atoms with E-state index < -0.39 is 17.7 Å². The number of anilines is 1. The lowest BCUT2D eigenvalue weighted by Crippen LogP contribution is -2.09. The highest BCUT2D eigenvalue weighted by Crippen LogP contribution is 2.31. The maximum atomic E-state index is 12.6. The molecule has 0 spiro atoms. The molecule has 0 fully saturated rings. The summed E-state index contributed by atoms with van der Waals surface area (Å²) < 4.78 is 37.9. The summed E-state index contributed by atoms with van der Waals surface area (Å²) >= 11 is 0. The molecule has 0 heterocycles. The summed E-state index contributed by atoms with van der Waals surface area (Å²) in [6.07, 6.45) is -3.66. The Morgan fingerprint density at radius 2 is 2.09 bits per heavy atom. The van der Waals surface area contributed by atoms with Gasteiger partial charge in [-0.05, 0) is 25.1 Å². The number of aliphatic imine (C=N–C) groups is 1. The first-order valence-electron chi connectivity index (χ1n) is 5.98. The Labute approximate surface area is 124 Å². The van der Waals surface area contributed by atoms with E-state index in [0.29, 0.717) is 0 Å². The topological polar surface area (TPSA) is 87.7 Å². The van der Waals surface area contributed by atoms with Gasteiger partial charge in [-0.25, -0.2) is 9.79 Å². The highest BCUT2D eigenvalue weighted by atomic mass is 19.4. The predicted molar refractivity (Wildman–Crippen MR) is 77.2 cm³/mol. The first kappa shape index (κ1) is 17.3. The third-order valence-electron chi connectivity index (χ3n) is 2.70. The largest absolute Gasteiger partial charge is 0.477 e. The molecular formula is C14H14F3N3O2. The minimum Gasteiger partial charge on any atom is -0.477 e. The summed E-state index contributed by atoms with van der Waals surface area (Å²) in [6.45, 7) is 5.02. The van der Waals surface area contributed by atoms with Gasteiger partial charge in [-0.1, -0.05) is 12.6 Å². The van der Waals surface area contributed by atoms with Crippen molar-refractivity contribution < 1.29 is 23.1 Å². The smallest absolute Gasteiger partial charge is 0.416 e. The maximum absolute atomic E-state index is 12.6. The SMILES string of the molecule is C=C(Nc1cccc(C(F)(F)F)c1)/C(C)=C(\N=CN)C(=O)O. The number of carbonyl (C=O) groups is 1. The standard InChI is InChI=1S/C14H14F3N3O2/c1-8(12(13(21)22)19-7-18)9(2)20-11-5-3-4-10(6-11)14(15,16)17/h3-7,20H,2H2,1H3,(H2,18,19)(H,21,22)/b12-8-. The lowest BCUT2D eigenvalue weighted by molar-refractivity contribution is -0.137. The molecule has 0 aromatic heterocycles. The Balaban J connectivity index is 3.07. The molecule has 0 unspecified atom stereocenters. The van der Waals surface area contributed by atoms with Gasteiger partial charge in [0.05, 0.1) is 11.9 Å². The van der Waals surface area contributed by atoms with Gasteiger partial charge in [0.1, 0.15) is 0 Å². The number of hydrogen-bond donors (Lipinski definition) is 3. The second-order valence-electron chi connectivity index (χ2n) is 4.24. The summed E-state index contributed by atoms with van der Waals surface area (Å²) in [7, 11) is 0. The van der Waals surface area contributed by atoms with Crippen LogP contribution in [0.25, 0.3) is 0 Å². The van der Waals surface area contributed by atoms with E-state index in [-0.39, 0.29) is 22.7 Å². The quantitative estimate of drug-likeness (QED) is 0.337. The highest BCUT2D eigenvalue weighted by Gasteiger charge is 2.30. The Bertz CT molecular complexity index is 649. The molecule has 8 heteroatoms. The number of aliphatic carboxylic acids is 1. The van der Waals surface area contributed by atoms with Crippen LogP contribution >= 0.6 is 0 Å². The van der Waals surface area contributed by atoms with Crippen LogP contribution in [0.5, 0.6) is 0 Å². The molecule has 1 rings (SSSR count). The van der Waals surface area contributed by atoms with E-state index in [0.717, 1.165) is 18.5 Å². The molecule has 0 aliphatic rings. The van der Waals surface area contributed by atoms with Crippen molar-refractivity contribution in [3.63, 3.8) is 0 Å². The van der Waals surface area contributed by atoms with Gasteiger partial charge in [0.2, 0.25) is 0 Å². The van der Waals surface area contributed by atoms with Crippen LogP contribution in [0.4, 0.5) is 18.9 Å². The number of hydrogen-bond acceptors (Lipinski definition) is 3. The monoisotopic (exact) mass is 313 g/mol. The van der Waals surface area contributed by atoms with Gasteiger partial charge >= 0.3 is 12.1 Å². The van der Waals surface area contributed by atoms with E-state index in [2.05, 4.69) is 16.9 Å². The lowest BCUT2D eigenvalue weighted by Gasteiger charge is -2.13. The molecule has 0 radical (unpaired) electrons. The lowest BCUT2D eigenvalue weighted by atomic mass is 10.1. The Morgan fingerprint density at radius 1 is 1.45 bits per heavy atom. The van der Waals surface area contributed by atoms with E-state index in [1.165, 1.54) is 19.1 Å². The zero-order valence-electron chi connectivity index (χ0n) is 11.6. The normalized spacial score (nSPS) is 12.9. The van der Waals surface area contributed by atoms with Gasteiger partial charge in [0.25, 0.3) is 0 Å². The molecular weight excluding hydrogens is 299 g/mol. The summed E-state index contributed by atoms with van der Waals surface area (Å²) in [4.78, 5) is 14.5. The van der Waals surface area contributed by atoms with E-state index >= 15 is 0 Å². The predicted octanol–water partition coefficient (Wildman–Crippen LogP) is 2.98. The third kappa shape index (κ3) is 4.37. The second-order valence-corrected chi connectivity index (χ2v) is 4.24. The Kier molecular flexibility index (Phi) is 5.33. The van der Waals surface area contributed by atoms with E-state index in [1.807, 2.05) is 0 Å². The molecule has 0 amide bonds.